The maximum absolute atomic E-state index is 13.6. The third-order valence-electron chi connectivity index (χ3n) is 6.14. The van der Waals surface area contributed by atoms with Crippen molar-refractivity contribution < 1.29 is 26.2 Å². The highest BCUT2D eigenvalue weighted by atomic mass is 32.2. The van der Waals surface area contributed by atoms with Gasteiger partial charge in [-0.25, -0.2) is 13.8 Å². The molecule has 0 spiro atoms. The SMILES string of the molecule is CS(=O)(=O)OC[C@@H]1C[C@H](C(=O)N2N=CCC2c2cc(F)cc(F)c2)C2CC1C2. The van der Waals surface area contributed by atoms with E-state index in [1.165, 1.54) is 17.1 Å². The lowest BCUT2D eigenvalue weighted by Crippen LogP contribution is -2.49. The van der Waals surface area contributed by atoms with Gasteiger partial charge >= 0.3 is 0 Å². The molecule has 1 heterocycles. The monoisotopic (exact) mass is 412 g/mol. The van der Waals surface area contributed by atoms with E-state index in [1.807, 2.05) is 0 Å². The number of carbonyl (C=O) groups is 1. The zero-order valence-corrected chi connectivity index (χ0v) is 16.2. The zero-order chi connectivity index (χ0) is 20.1. The van der Waals surface area contributed by atoms with E-state index in [0.29, 0.717) is 24.3 Å². The summed E-state index contributed by atoms with van der Waals surface area (Å²) in [6.45, 7) is 0.0851. The van der Waals surface area contributed by atoms with Gasteiger partial charge in [0.25, 0.3) is 10.1 Å². The molecule has 1 unspecified atom stereocenters. The van der Waals surface area contributed by atoms with Crippen molar-refractivity contribution in [1.29, 1.82) is 0 Å². The second kappa shape index (κ2) is 7.18. The van der Waals surface area contributed by atoms with Gasteiger partial charge in [0.15, 0.2) is 0 Å². The summed E-state index contributed by atoms with van der Waals surface area (Å²) in [5.41, 5.74) is 0.377. The van der Waals surface area contributed by atoms with Gasteiger partial charge < -0.3 is 0 Å². The third kappa shape index (κ3) is 3.82. The molecule has 2 bridgehead atoms. The molecule has 0 radical (unpaired) electrons. The standard InChI is InChI=1S/C19H22F2N2O4S/c1-28(25,26)27-10-14-8-17(12-4-11(14)5-12)19(24)23-18(2-3-22-23)13-6-15(20)9-16(21)7-13/h3,6-7,9,11-12,14,17-18H,2,4-5,8,10H2,1H3/t11?,12?,14-,17-,18?/m0/s1. The number of amides is 1. The number of hydrogen-bond donors (Lipinski definition) is 0. The molecule has 3 fully saturated rings. The van der Waals surface area contributed by atoms with Gasteiger partial charge in [0.2, 0.25) is 5.91 Å². The van der Waals surface area contributed by atoms with E-state index in [1.54, 1.807) is 6.21 Å². The van der Waals surface area contributed by atoms with E-state index in [0.717, 1.165) is 25.2 Å². The Balaban J connectivity index is 1.49. The average molecular weight is 412 g/mol. The summed E-state index contributed by atoms with van der Waals surface area (Å²) in [7, 11) is -3.53. The van der Waals surface area contributed by atoms with Crippen LogP contribution in [0.25, 0.3) is 0 Å². The molecule has 4 aliphatic rings. The van der Waals surface area contributed by atoms with Gasteiger partial charge in [0, 0.05) is 24.6 Å². The topological polar surface area (TPSA) is 76.0 Å². The summed E-state index contributed by atoms with van der Waals surface area (Å²) in [6.07, 6.45) is 5.27. The van der Waals surface area contributed by atoms with Crippen LogP contribution in [0.2, 0.25) is 0 Å². The van der Waals surface area contributed by atoms with E-state index < -0.39 is 27.8 Å². The molecule has 1 aliphatic heterocycles. The fourth-order valence-corrected chi connectivity index (χ4v) is 5.11. The second-order valence-corrected chi connectivity index (χ2v) is 9.66. The molecule has 0 N–H and O–H groups in total. The molecule has 3 atom stereocenters. The lowest BCUT2D eigenvalue weighted by Gasteiger charge is -2.51. The van der Waals surface area contributed by atoms with E-state index in [2.05, 4.69) is 5.10 Å². The van der Waals surface area contributed by atoms with Gasteiger partial charge in [-0.2, -0.15) is 13.5 Å². The summed E-state index contributed by atoms with van der Waals surface area (Å²) < 4.78 is 54.8. The predicted octanol–water partition coefficient (Wildman–Crippen LogP) is 2.86. The third-order valence-corrected chi connectivity index (χ3v) is 6.71. The van der Waals surface area contributed by atoms with Gasteiger partial charge in [-0.3, -0.25) is 8.98 Å². The molecule has 0 saturated heterocycles. The zero-order valence-electron chi connectivity index (χ0n) is 15.4. The Labute approximate surface area is 162 Å². The summed E-state index contributed by atoms with van der Waals surface area (Å²) in [4.78, 5) is 13.2. The molecule has 28 heavy (non-hydrogen) atoms. The van der Waals surface area contributed by atoms with Gasteiger partial charge in [-0.1, -0.05) is 0 Å². The first kappa shape index (κ1) is 19.4. The van der Waals surface area contributed by atoms with Crippen LogP contribution in [0.4, 0.5) is 8.78 Å². The Kier molecular flexibility index (Phi) is 4.99. The normalized spacial score (nSPS) is 31.7. The molecule has 6 nitrogen and oxygen atoms in total. The Morgan fingerprint density at radius 2 is 1.86 bits per heavy atom. The maximum atomic E-state index is 13.6. The molecule has 1 aromatic rings. The number of hydrogen-bond acceptors (Lipinski definition) is 5. The first-order valence-electron chi connectivity index (χ1n) is 9.37. The van der Waals surface area contributed by atoms with Crippen molar-refractivity contribution in [2.45, 2.75) is 31.7 Å². The van der Waals surface area contributed by atoms with E-state index in [-0.39, 0.29) is 30.3 Å². The van der Waals surface area contributed by atoms with Crippen molar-refractivity contribution in [1.82, 2.24) is 5.01 Å². The van der Waals surface area contributed by atoms with Crippen LogP contribution in [-0.4, -0.2) is 38.4 Å². The summed E-state index contributed by atoms with van der Waals surface area (Å²) in [6, 6.07) is 2.73. The number of hydrazone groups is 1. The predicted molar refractivity (Wildman–Crippen MR) is 97.7 cm³/mol. The minimum absolute atomic E-state index is 0.00493. The molecule has 3 saturated carbocycles. The summed E-state index contributed by atoms with van der Waals surface area (Å²) in [5, 5.41) is 5.52. The minimum Gasteiger partial charge on any atom is -0.273 e. The smallest absolute Gasteiger partial charge is 0.264 e. The van der Waals surface area contributed by atoms with E-state index >= 15 is 0 Å². The van der Waals surface area contributed by atoms with Gasteiger partial charge in [-0.15, -0.1) is 0 Å². The quantitative estimate of drug-likeness (QED) is 0.697. The number of halogens is 2. The van der Waals surface area contributed by atoms with Gasteiger partial charge in [0.1, 0.15) is 11.6 Å². The number of nitrogens with zero attached hydrogens (tertiary/aromatic N) is 2. The van der Waals surface area contributed by atoms with Crippen LogP contribution in [0.5, 0.6) is 0 Å². The molecule has 5 rings (SSSR count). The molecular weight excluding hydrogens is 390 g/mol. The fraction of sp³-hybridized carbons (Fsp3) is 0.579. The van der Waals surface area contributed by atoms with Crippen LogP contribution in [0.1, 0.15) is 37.3 Å². The Morgan fingerprint density at radius 3 is 2.50 bits per heavy atom. The highest BCUT2D eigenvalue weighted by molar-refractivity contribution is 7.85. The second-order valence-electron chi connectivity index (χ2n) is 8.02. The molecule has 1 aromatic carbocycles. The van der Waals surface area contributed by atoms with Crippen LogP contribution < -0.4 is 0 Å². The van der Waals surface area contributed by atoms with Crippen molar-refractivity contribution in [2.75, 3.05) is 12.9 Å². The van der Waals surface area contributed by atoms with Crippen molar-refractivity contribution >= 4 is 22.2 Å². The maximum Gasteiger partial charge on any atom is 0.264 e. The number of fused-ring (bicyclic) bond motifs is 2. The van der Waals surface area contributed by atoms with Crippen LogP contribution in [-0.2, 0) is 19.1 Å². The average Bonchev–Trinajstić information content (AvgIpc) is 3.06. The summed E-state index contributed by atoms with van der Waals surface area (Å²) >= 11 is 0. The van der Waals surface area contributed by atoms with E-state index in [9.17, 15) is 22.0 Å². The van der Waals surface area contributed by atoms with E-state index in [4.69, 9.17) is 4.18 Å². The van der Waals surface area contributed by atoms with Crippen molar-refractivity contribution in [3.05, 3.63) is 35.4 Å². The van der Waals surface area contributed by atoms with Gasteiger partial charge in [-0.05, 0) is 54.7 Å². The Hall–Kier alpha value is -1.87. The number of rotatable bonds is 5. The largest absolute Gasteiger partial charge is 0.273 e. The van der Waals surface area contributed by atoms with Crippen LogP contribution in [0.3, 0.4) is 0 Å². The number of benzene rings is 1. The van der Waals surface area contributed by atoms with Gasteiger partial charge in [0.05, 0.1) is 18.9 Å². The van der Waals surface area contributed by atoms with Crippen molar-refractivity contribution in [2.24, 2.45) is 28.8 Å². The van der Waals surface area contributed by atoms with Crippen molar-refractivity contribution in [3.8, 4) is 0 Å². The van der Waals surface area contributed by atoms with Crippen LogP contribution in [0.15, 0.2) is 23.3 Å². The Morgan fingerprint density at radius 1 is 1.18 bits per heavy atom. The molecule has 152 valence electrons. The lowest BCUT2D eigenvalue weighted by atomic mass is 9.55. The highest BCUT2D eigenvalue weighted by Gasteiger charge is 2.50. The number of carbonyl (C=O) groups excluding carboxylic acids is 1. The summed E-state index contributed by atoms with van der Waals surface area (Å²) in [5.74, 6) is -1.20. The lowest BCUT2D eigenvalue weighted by molar-refractivity contribution is -0.148. The first-order chi connectivity index (χ1) is 13.2. The van der Waals surface area contributed by atoms with Crippen LogP contribution in [0, 0.1) is 35.3 Å². The molecule has 0 aromatic heterocycles. The fourth-order valence-electron chi connectivity index (χ4n) is 4.69. The highest BCUT2D eigenvalue weighted by Crippen LogP contribution is 2.53. The molecule has 1 amide bonds. The Bertz CT molecular complexity index is 894. The molecule has 3 aliphatic carbocycles. The molecular formula is C19H22F2N2O4S. The van der Waals surface area contributed by atoms with Crippen molar-refractivity contribution in [3.63, 3.8) is 0 Å². The minimum atomic E-state index is -3.53. The first-order valence-corrected chi connectivity index (χ1v) is 11.2. The molecule has 9 heteroatoms. The van der Waals surface area contributed by atoms with Crippen LogP contribution >= 0.6 is 0 Å².